The molecule has 1 aliphatic heterocycles. The quantitative estimate of drug-likeness (QED) is 0.868. The number of imidazole rings is 1. The van der Waals surface area contributed by atoms with E-state index in [2.05, 4.69) is 21.8 Å². The molecular formula is C13H21N3O. The highest BCUT2D eigenvalue weighted by molar-refractivity contribution is 5.10. The van der Waals surface area contributed by atoms with Crippen LogP contribution in [-0.2, 0) is 4.74 Å². The summed E-state index contributed by atoms with van der Waals surface area (Å²) in [5, 5.41) is 3.55. The van der Waals surface area contributed by atoms with E-state index >= 15 is 0 Å². The van der Waals surface area contributed by atoms with Gasteiger partial charge in [-0.1, -0.05) is 0 Å². The van der Waals surface area contributed by atoms with Crippen LogP contribution in [0.15, 0.2) is 12.5 Å². The van der Waals surface area contributed by atoms with Gasteiger partial charge in [0, 0.05) is 24.9 Å². The molecule has 1 saturated carbocycles. The van der Waals surface area contributed by atoms with E-state index in [1.54, 1.807) is 0 Å². The van der Waals surface area contributed by atoms with Crippen molar-refractivity contribution in [2.24, 2.45) is 0 Å². The average molecular weight is 235 g/mol. The third-order valence-corrected chi connectivity index (χ3v) is 3.98. The maximum absolute atomic E-state index is 5.62. The summed E-state index contributed by atoms with van der Waals surface area (Å²) in [7, 11) is 0. The first-order valence-electron chi connectivity index (χ1n) is 6.75. The van der Waals surface area contributed by atoms with Crippen molar-refractivity contribution in [2.75, 3.05) is 13.2 Å². The molecule has 1 N–H and O–H groups in total. The predicted octanol–water partition coefficient (Wildman–Crippen LogP) is 2.05. The molecule has 2 fully saturated rings. The van der Waals surface area contributed by atoms with Gasteiger partial charge in [0.25, 0.3) is 0 Å². The number of nitrogens with zero attached hydrogens (tertiary/aromatic N) is 2. The van der Waals surface area contributed by atoms with Crippen LogP contribution in [0.25, 0.3) is 0 Å². The first-order valence-corrected chi connectivity index (χ1v) is 6.75. The molecule has 2 aliphatic rings. The lowest BCUT2D eigenvalue weighted by Crippen LogP contribution is -2.34. The van der Waals surface area contributed by atoms with Crippen molar-refractivity contribution in [3.63, 3.8) is 0 Å². The van der Waals surface area contributed by atoms with Gasteiger partial charge in [-0.3, -0.25) is 0 Å². The van der Waals surface area contributed by atoms with Gasteiger partial charge in [-0.15, -0.1) is 0 Å². The number of aromatic nitrogens is 2. The Bertz CT molecular complexity index is 364. The lowest BCUT2D eigenvalue weighted by Gasteiger charge is -2.37. The maximum Gasteiger partial charge on any atom is 0.0951 e. The summed E-state index contributed by atoms with van der Waals surface area (Å²) in [5.41, 5.74) is 1.36. The molecule has 0 radical (unpaired) electrons. The van der Waals surface area contributed by atoms with E-state index in [4.69, 9.17) is 4.74 Å². The Morgan fingerprint density at radius 3 is 3.12 bits per heavy atom. The fraction of sp³-hybridized carbons (Fsp3) is 0.769. The summed E-state index contributed by atoms with van der Waals surface area (Å²) in [5.74, 6) is 0. The first kappa shape index (κ1) is 11.2. The molecule has 1 aromatic heterocycles. The summed E-state index contributed by atoms with van der Waals surface area (Å²) in [6.45, 7) is 4.04. The molecule has 4 nitrogen and oxygen atoms in total. The second kappa shape index (κ2) is 4.78. The molecule has 1 aliphatic carbocycles. The van der Waals surface area contributed by atoms with E-state index in [1.165, 1.54) is 18.5 Å². The molecule has 1 atom stereocenters. The first-order chi connectivity index (χ1) is 8.38. The van der Waals surface area contributed by atoms with Crippen LogP contribution in [0.4, 0.5) is 0 Å². The van der Waals surface area contributed by atoms with Crippen LogP contribution in [-0.4, -0.2) is 28.8 Å². The average Bonchev–Trinajstić information content (AvgIpc) is 2.92. The summed E-state index contributed by atoms with van der Waals surface area (Å²) in [6.07, 6.45) is 9.29. The Morgan fingerprint density at radius 1 is 1.53 bits per heavy atom. The van der Waals surface area contributed by atoms with Gasteiger partial charge in [0.05, 0.1) is 18.1 Å². The van der Waals surface area contributed by atoms with Crippen molar-refractivity contribution in [1.82, 2.24) is 14.9 Å². The Labute approximate surface area is 102 Å². The van der Waals surface area contributed by atoms with E-state index in [0.29, 0.717) is 18.2 Å². The van der Waals surface area contributed by atoms with Crippen molar-refractivity contribution in [3.05, 3.63) is 18.2 Å². The third-order valence-electron chi connectivity index (χ3n) is 3.98. The topological polar surface area (TPSA) is 39.1 Å². The van der Waals surface area contributed by atoms with Crippen LogP contribution in [0.5, 0.6) is 0 Å². The third kappa shape index (κ3) is 2.11. The molecule has 1 saturated heterocycles. The van der Waals surface area contributed by atoms with Gasteiger partial charge in [0.1, 0.15) is 0 Å². The van der Waals surface area contributed by atoms with Gasteiger partial charge in [0.2, 0.25) is 0 Å². The van der Waals surface area contributed by atoms with Gasteiger partial charge in [-0.2, -0.15) is 0 Å². The Morgan fingerprint density at radius 2 is 2.41 bits per heavy atom. The molecule has 0 amide bonds. The fourth-order valence-electron chi connectivity index (χ4n) is 2.96. The minimum absolute atomic E-state index is 0.469. The van der Waals surface area contributed by atoms with E-state index in [-0.39, 0.29) is 0 Å². The molecule has 94 valence electrons. The van der Waals surface area contributed by atoms with Crippen molar-refractivity contribution in [2.45, 2.75) is 50.8 Å². The largest absolute Gasteiger partial charge is 0.378 e. The fourth-order valence-corrected chi connectivity index (χ4v) is 2.96. The minimum atomic E-state index is 0.469. The molecule has 4 heteroatoms. The molecule has 1 unspecified atom stereocenters. The van der Waals surface area contributed by atoms with Gasteiger partial charge in [-0.25, -0.2) is 4.98 Å². The Balaban J connectivity index is 1.66. The van der Waals surface area contributed by atoms with E-state index in [9.17, 15) is 0 Å². The molecule has 0 aromatic carbocycles. The van der Waals surface area contributed by atoms with Crippen molar-refractivity contribution >= 4 is 0 Å². The highest BCUT2D eigenvalue weighted by Gasteiger charge is 2.33. The molecule has 17 heavy (non-hydrogen) atoms. The standard InChI is InChI=1S/C13H21N3O/c1-2-17-11-6-10(7-11)16-9-14-8-13(16)12-4-3-5-15-12/h8-12,15H,2-7H2,1H3. The van der Waals surface area contributed by atoms with Crippen LogP contribution >= 0.6 is 0 Å². The Hall–Kier alpha value is -0.870. The zero-order chi connectivity index (χ0) is 11.7. The molecule has 3 rings (SSSR count). The van der Waals surface area contributed by atoms with Crippen LogP contribution in [0.1, 0.15) is 50.4 Å². The van der Waals surface area contributed by atoms with Crippen molar-refractivity contribution < 1.29 is 4.74 Å². The Kier molecular flexibility index (Phi) is 3.16. The highest BCUT2D eigenvalue weighted by atomic mass is 16.5. The van der Waals surface area contributed by atoms with Crippen molar-refractivity contribution in [1.29, 1.82) is 0 Å². The molecule has 2 heterocycles. The van der Waals surface area contributed by atoms with E-state index in [0.717, 1.165) is 26.0 Å². The lowest BCUT2D eigenvalue weighted by molar-refractivity contribution is -0.0205. The monoisotopic (exact) mass is 235 g/mol. The molecule has 1 aromatic rings. The van der Waals surface area contributed by atoms with E-state index in [1.807, 2.05) is 12.5 Å². The zero-order valence-electron chi connectivity index (χ0n) is 10.4. The van der Waals surface area contributed by atoms with E-state index < -0.39 is 0 Å². The second-order valence-corrected chi connectivity index (χ2v) is 5.08. The number of hydrogen-bond donors (Lipinski definition) is 1. The van der Waals surface area contributed by atoms with Gasteiger partial charge >= 0.3 is 0 Å². The number of hydrogen-bond acceptors (Lipinski definition) is 3. The normalized spacial score (nSPS) is 32.6. The molecular weight excluding hydrogens is 214 g/mol. The molecule has 0 bridgehead atoms. The van der Waals surface area contributed by atoms with Crippen LogP contribution in [0, 0.1) is 0 Å². The number of rotatable bonds is 4. The van der Waals surface area contributed by atoms with Crippen LogP contribution < -0.4 is 5.32 Å². The maximum atomic E-state index is 5.62. The molecule has 0 spiro atoms. The van der Waals surface area contributed by atoms with Crippen LogP contribution in [0.2, 0.25) is 0 Å². The smallest absolute Gasteiger partial charge is 0.0951 e. The summed E-state index contributed by atoms with van der Waals surface area (Å²) < 4.78 is 7.98. The summed E-state index contributed by atoms with van der Waals surface area (Å²) >= 11 is 0. The van der Waals surface area contributed by atoms with Crippen LogP contribution in [0.3, 0.4) is 0 Å². The van der Waals surface area contributed by atoms with Gasteiger partial charge in [0.15, 0.2) is 0 Å². The highest BCUT2D eigenvalue weighted by Crippen LogP contribution is 2.37. The van der Waals surface area contributed by atoms with Gasteiger partial charge in [-0.05, 0) is 39.2 Å². The summed E-state index contributed by atoms with van der Waals surface area (Å²) in [4.78, 5) is 4.32. The minimum Gasteiger partial charge on any atom is -0.378 e. The summed E-state index contributed by atoms with van der Waals surface area (Å²) in [6, 6.07) is 1.12. The van der Waals surface area contributed by atoms with Crippen molar-refractivity contribution in [3.8, 4) is 0 Å². The number of ether oxygens (including phenoxy) is 1. The SMILES string of the molecule is CCOC1CC(n2cncc2C2CCCN2)C1. The van der Waals surface area contributed by atoms with Gasteiger partial charge < -0.3 is 14.6 Å². The lowest BCUT2D eigenvalue weighted by atomic mass is 9.88. The number of nitrogens with one attached hydrogen (secondary N) is 1. The zero-order valence-corrected chi connectivity index (χ0v) is 10.4. The predicted molar refractivity (Wildman–Crippen MR) is 65.9 cm³/mol. The second-order valence-electron chi connectivity index (χ2n) is 5.08.